The van der Waals surface area contributed by atoms with Crippen LogP contribution in [0.3, 0.4) is 0 Å². The van der Waals surface area contributed by atoms with Crippen LogP contribution in [0.25, 0.3) is 0 Å². The van der Waals surface area contributed by atoms with Crippen LogP contribution in [0.1, 0.15) is 39.3 Å². The predicted octanol–water partition coefficient (Wildman–Crippen LogP) is 2.61. The van der Waals surface area contributed by atoms with Crippen LogP contribution in [0.5, 0.6) is 11.5 Å². The summed E-state index contributed by atoms with van der Waals surface area (Å²) in [5.74, 6) is -0.357. The Kier molecular flexibility index (Phi) is 6.79. The maximum atomic E-state index is 12.4. The first-order chi connectivity index (χ1) is 12.8. The number of nitrogens with one attached hydrogen (secondary N) is 2. The van der Waals surface area contributed by atoms with E-state index in [-0.39, 0.29) is 18.5 Å². The molecule has 0 saturated carbocycles. The predicted molar refractivity (Wildman–Crippen MR) is 104 cm³/mol. The zero-order chi connectivity index (χ0) is 20.1. The Labute approximate surface area is 164 Å². The average Bonchev–Trinajstić information content (AvgIpc) is 2.61. The van der Waals surface area contributed by atoms with Crippen molar-refractivity contribution in [3.05, 3.63) is 35.0 Å². The Morgan fingerprint density at radius 1 is 1.26 bits per heavy atom. The van der Waals surface area contributed by atoms with Crippen LogP contribution >= 0.6 is 12.2 Å². The van der Waals surface area contributed by atoms with E-state index < -0.39 is 12.0 Å². The summed E-state index contributed by atoms with van der Waals surface area (Å²) in [5.41, 5.74) is 1.78. The van der Waals surface area contributed by atoms with Crippen molar-refractivity contribution in [3.8, 4) is 11.5 Å². The van der Waals surface area contributed by atoms with E-state index in [1.54, 1.807) is 45.9 Å². The number of ether oxygens (including phenoxy) is 3. The Bertz CT molecular complexity index is 788. The first kappa shape index (κ1) is 20.7. The molecule has 146 valence electrons. The highest BCUT2D eigenvalue weighted by Crippen LogP contribution is 2.34. The lowest BCUT2D eigenvalue weighted by atomic mass is 9.95. The van der Waals surface area contributed by atoms with Gasteiger partial charge in [0, 0.05) is 5.70 Å². The fourth-order valence-corrected chi connectivity index (χ4v) is 2.87. The third-order valence-corrected chi connectivity index (χ3v) is 4.19. The van der Waals surface area contributed by atoms with Crippen molar-refractivity contribution < 1.29 is 23.8 Å². The van der Waals surface area contributed by atoms with Crippen LogP contribution in [0.2, 0.25) is 0 Å². The zero-order valence-corrected chi connectivity index (χ0v) is 16.9. The Morgan fingerprint density at radius 2 is 1.96 bits per heavy atom. The second-order valence-electron chi connectivity index (χ2n) is 6.28. The van der Waals surface area contributed by atoms with E-state index >= 15 is 0 Å². The Hall–Kier alpha value is -2.61. The van der Waals surface area contributed by atoms with Gasteiger partial charge >= 0.3 is 11.9 Å². The van der Waals surface area contributed by atoms with Crippen molar-refractivity contribution in [2.24, 2.45) is 5.92 Å². The van der Waals surface area contributed by atoms with E-state index in [1.807, 2.05) is 0 Å². The van der Waals surface area contributed by atoms with Crippen LogP contribution < -0.4 is 20.1 Å². The highest BCUT2D eigenvalue weighted by Gasteiger charge is 2.31. The lowest BCUT2D eigenvalue weighted by Crippen LogP contribution is -2.45. The first-order valence-electron chi connectivity index (χ1n) is 8.63. The minimum absolute atomic E-state index is 0.264. The molecule has 1 aromatic carbocycles. The number of carbonyl (C=O) groups is 2. The molecule has 0 fully saturated rings. The van der Waals surface area contributed by atoms with Gasteiger partial charge < -0.3 is 24.8 Å². The monoisotopic (exact) mass is 392 g/mol. The molecule has 0 spiro atoms. The smallest absolute Gasteiger partial charge is 0.338 e. The van der Waals surface area contributed by atoms with Crippen LogP contribution in [0.4, 0.5) is 0 Å². The SMILES string of the molecule is CCOC(=O)C1=C(C)NC(=S)NC1c1ccc(OC(=O)C(C)C)c(OC)c1. The molecule has 0 bridgehead atoms. The number of hydrogen-bond acceptors (Lipinski definition) is 6. The molecule has 0 aliphatic carbocycles. The molecule has 1 aliphatic rings. The van der Waals surface area contributed by atoms with Crippen LogP contribution in [0.15, 0.2) is 29.5 Å². The van der Waals surface area contributed by atoms with Gasteiger partial charge in [0.05, 0.1) is 31.2 Å². The molecule has 2 rings (SSSR count). The van der Waals surface area contributed by atoms with Gasteiger partial charge in [-0.1, -0.05) is 19.9 Å². The lowest BCUT2D eigenvalue weighted by Gasteiger charge is -2.30. The number of esters is 2. The van der Waals surface area contributed by atoms with E-state index in [1.165, 1.54) is 7.11 Å². The quantitative estimate of drug-likeness (QED) is 0.434. The normalized spacial score (nSPS) is 16.5. The van der Waals surface area contributed by atoms with Crippen molar-refractivity contribution >= 4 is 29.3 Å². The van der Waals surface area contributed by atoms with Gasteiger partial charge in [-0.05, 0) is 43.8 Å². The number of carbonyl (C=O) groups excluding carboxylic acids is 2. The number of rotatable bonds is 6. The van der Waals surface area contributed by atoms with Crippen molar-refractivity contribution in [3.63, 3.8) is 0 Å². The summed E-state index contributed by atoms with van der Waals surface area (Å²) >= 11 is 5.23. The molecule has 27 heavy (non-hydrogen) atoms. The molecule has 1 unspecified atom stereocenters. The second-order valence-corrected chi connectivity index (χ2v) is 6.68. The van der Waals surface area contributed by atoms with Gasteiger partial charge in [-0.25, -0.2) is 4.79 Å². The summed E-state index contributed by atoms with van der Waals surface area (Å²) in [7, 11) is 1.49. The molecule has 0 radical (unpaired) electrons. The molecule has 7 nitrogen and oxygen atoms in total. The third-order valence-electron chi connectivity index (χ3n) is 3.97. The van der Waals surface area contributed by atoms with Crippen molar-refractivity contribution in [2.45, 2.75) is 33.7 Å². The molecule has 8 heteroatoms. The summed E-state index contributed by atoms with van der Waals surface area (Å²) < 4.78 is 15.9. The minimum atomic E-state index is -0.512. The maximum absolute atomic E-state index is 12.4. The molecule has 1 heterocycles. The molecule has 1 aliphatic heterocycles. The largest absolute Gasteiger partial charge is 0.493 e. The number of benzene rings is 1. The van der Waals surface area contributed by atoms with Gasteiger partial charge in [0.15, 0.2) is 16.6 Å². The summed E-state index contributed by atoms with van der Waals surface area (Å²) in [6.45, 7) is 7.28. The number of hydrogen-bond donors (Lipinski definition) is 2. The molecule has 2 N–H and O–H groups in total. The molecular formula is C19H24N2O5S. The summed E-state index contributed by atoms with van der Waals surface area (Å²) in [6.07, 6.45) is 0. The van der Waals surface area contributed by atoms with Gasteiger partial charge in [-0.15, -0.1) is 0 Å². The minimum Gasteiger partial charge on any atom is -0.493 e. The lowest BCUT2D eigenvalue weighted by molar-refractivity contribution is -0.139. The van der Waals surface area contributed by atoms with E-state index in [0.29, 0.717) is 27.9 Å². The molecular weight excluding hydrogens is 368 g/mol. The molecule has 0 amide bonds. The first-order valence-corrected chi connectivity index (χ1v) is 9.04. The van der Waals surface area contributed by atoms with E-state index in [0.717, 1.165) is 5.56 Å². The van der Waals surface area contributed by atoms with Crippen molar-refractivity contribution in [2.75, 3.05) is 13.7 Å². The van der Waals surface area contributed by atoms with Crippen LogP contribution in [-0.4, -0.2) is 30.8 Å². The molecule has 0 aromatic heterocycles. The molecule has 0 saturated heterocycles. The fourth-order valence-electron chi connectivity index (χ4n) is 2.60. The zero-order valence-electron chi connectivity index (χ0n) is 16.0. The highest BCUT2D eigenvalue weighted by molar-refractivity contribution is 7.80. The standard InChI is InChI=1S/C19H24N2O5S/c1-6-25-18(23)15-11(4)20-19(27)21-16(15)12-7-8-13(14(9-12)24-5)26-17(22)10(2)3/h7-10,16H,6H2,1-5H3,(H2,20,21,27). The van der Waals surface area contributed by atoms with E-state index in [4.69, 9.17) is 26.4 Å². The van der Waals surface area contributed by atoms with Gasteiger partial charge in [-0.3, -0.25) is 4.79 Å². The number of methoxy groups -OCH3 is 1. The van der Waals surface area contributed by atoms with Crippen LogP contribution in [0, 0.1) is 5.92 Å². The van der Waals surface area contributed by atoms with Gasteiger partial charge in [-0.2, -0.15) is 0 Å². The van der Waals surface area contributed by atoms with Gasteiger partial charge in [0.2, 0.25) is 0 Å². The van der Waals surface area contributed by atoms with Crippen LogP contribution in [-0.2, 0) is 14.3 Å². The average molecular weight is 392 g/mol. The topological polar surface area (TPSA) is 85.9 Å². The highest BCUT2D eigenvalue weighted by atomic mass is 32.1. The summed E-state index contributed by atoms with van der Waals surface area (Å²) in [5, 5.41) is 6.43. The van der Waals surface area contributed by atoms with E-state index in [9.17, 15) is 9.59 Å². The van der Waals surface area contributed by atoms with Crippen molar-refractivity contribution in [1.29, 1.82) is 0 Å². The van der Waals surface area contributed by atoms with Gasteiger partial charge in [0.25, 0.3) is 0 Å². The Morgan fingerprint density at radius 3 is 2.56 bits per heavy atom. The third kappa shape index (κ3) is 4.77. The number of thiocarbonyl (C=S) groups is 1. The number of allylic oxidation sites excluding steroid dienone is 1. The molecule has 1 atom stereocenters. The van der Waals surface area contributed by atoms with Crippen molar-refractivity contribution in [1.82, 2.24) is 10.6 Å². The summed E-state index contributed by atoms with van der Waals surface area (Å²) in [6, 6.07) is 4.59. The maximum Gasteiger partial charge on any atom is 0.338 e. The summed E-state index contributed by atoms with van der Waals surface area (Å²) in [4.78, 5) is 24.3. The second kappa shape index (κ2) is 8.85. The van der Waals surface area contributed by atoms with E-state index in [2.05, 4.69) is 10.6 Å². The fraction of sp³-hybridized carbons (Fsp3) is 0.421. The Balaban J connectivity index is 2.42. The molecule has 1 aromatic rings. The van der Waals surface area contributed by atoms with Gasteiger partial charge in [0.1, 0.15) is 0 Å².